The highest BCUT2D eigenvalue weighted by Gasteiger charge is 2.26. The van der Waals surface area contributed by atoms with E-state index >= 15 is 0 Å². The van der Waals surface area contributed by atoms with Crippen LogP contribution in [0.25, 0.3) is 0 Å². The summed E-state index contributed by atoms with van der Waals surface area (Å²) in [5, 5.41) is 0. The van der Waals surface area contributed by atoms with Crippen LogP contribution in [0.15, 0.2) is 36.4 Å². The maximum Gasteiger partial charge on any atom is 0.254 e. The van der Waals surface area contributed by atoms with Gasteiger partial charge in [-0.15, -0.1) is 0 Å². The Morgan fingerprint density at radius 1 is 1.21 bits per heavy atom. The number of nitrogens with zero attached hydrogens (tertiary/aromatic N) is 3. The quantitative estimate of drug-likeness (QED) is 0.614. The van der Waals surface area contributed by atoms with Gasteiger partial charge in [0.1, 0.15) is 0 Å². The summed E-state index contributed by atoms with van der Waals surface area (Å²) in [6.07, 6.45) is 9.08. The van der Waals surface area contributed by atoms with Gasteiger partial charge < -0.3 is 19.3 Å². The minimum absolute atomic E-state index is 0.0300. The molecule has 1 amide bonds. The predicted molar refractivity (Wildman–Crippen MR) is 136 cm³/mol. The van der Waals surface area contributed by atoms with Crippen LogP contribution in [0.3, 0.4) is 0 Å². The smallest absolute Gasteiger partial charge is 0.254 e. The number of carbonyl (C=O) groups excluding carboxylic acids is 1. The zero-order valence-electron chi connectivity index (χ0n) is 21.0. The molecule has 0 radical (unpaired) electrons. The number of methoxy groups -OCH3 is 1. The summed E-state index contributed by atoms with van der Waals surface area (Å²) >= 11 is 0. The molecule has 34 heavy (non-hydrogen) atoms. The Labute approximate surface area is 203 Å². The number of aromatic nitrogens is 1. The molecule has 6 nitrogen and oxygen atoms in total. The Bertz CT molecular complexity index is 1040. The van der Waals surface area contributed by atoms with Gasteiger partial charge in [0.05, 0.1) is 13.7 Å². The highest BCUT2D eigenvalue weighted by molar-refractivity contribution is 5.97. The van der Waals surface area contributed by atoms with E-state index in [0.717, 1.165) is 74.2 Å². The second-order valence-corrected chi connectivity index (χ2v) is 9.22. The summed E-state index contributed by atoms with van der Waals surface area (Å²) in [5.74, 6) is 0.642. The molecule has 0 saturated carbocycles. The van der Waals surface area contributed by atoms with E-state index in [0.29, 0.717) is 18.5 Å². The topological polar surface area (TPSA) is 54.9 Å². The molecular formula is C28H37N3O3. The van der Waals surface area contributed by atoms with Gasteiger partial charge in [-0.05, 0) is 75.3 Å². The van der Waals surface area contributed by atoms with Crippen LogP contribution in [0.4, 0.5) is 5.69 Å². The second kappa shape index (κ2) is 11.0. The summed E-state index contributed by atoms with van der Waals surface area (Å²) in [5.41, 5.74) is 6.18. The van der Waals surface area contributed by atoms with Crippen LogP contribution in [0.2, 0.25) is 0 Å². The van der Waals surface area contributed by atoms with Crippen molar-refractivity contribution in [3.8, 4) is 5.88 Å². The molecule has 1 aromatic heterocycles. The third-order valence-corrected chi connectivity index (χ3v) is 6.97. The second-order valence-electron chi connectivity index (χ2n) is 9.22. The van der Waals surface area contributed by atoms with Crippen molar-refractivity contribution in [3.63, 3.8) is 0 Å². The van der Waals surface area contributed by atoms with Gasteiger partial charge in [-0.3, -0.25) is 4.79 Å². The van der Waals surface area contributed by atoms with Crippen LogP contribution in [-0.4, -0.2) is 55.7 Å². The summed E-state index contributed by atoms with van der Waals surface area (Å²) in [6.45, 7) is 7.16. The minimum Gasteiger partial charge on any atom is -0.481 e. The largest absolute Gasteiger partial charge is 0.481 e. The molecule has 0 N–H and O–H groups in total. The molecule has 2 aliphatic heterocycles. The van der Waals surface area contributed by atoms with E-state index in [1.54, 1.807) is 12.0 Å². The molecule has 0 aliphatic carbocycles. The summed E-state index contributed by atoms with van der Waals surface area (Å²) in [4.78, 5) is 22.6. The van der Waals surface area contributed by atoms with Crippen molar-refractivity contribution in [3.05, 3.63) is 64.4 Å². The minimum atomic E-state index is 0.0300. The molecular weight excluding hydrogens is 426 g/mol. The lowest BCUT2D eigenvalue weighted by molar-refractivity contribution is 0.0781. The number of benzene rings is 1. The van der Waals surface area contributed by atoms with Crippen LogP contribution in [0.5, 0.6) is 5.88 Å². The number of carbonyl (C=O) groups is 1. The molecule has 0 atom stereocenters. The molecule has 0 spiro atoms. The first kappa shape index (κ1) is 24.3. The van der Waals surface area contributed by atoms with Crippen molar-refractivity contribution in [1.29, 1.82) is 0 Å². The molecule has 3 heterocycles. The molecule has 1 fully saturated rings. The first-order valence-corrected chi connectivity index (χ1v) is 12.4. The molecule has 6 heteroatoms. The Hall–Kier alpha value is -2.86. The lowest BCUT2D eigenvalue weighted by Gasteiger charge is -2.37. The number of anilines is 1. The van der Waals surface area contributed by atoms with Gasteiger partial charge in [0.15, 0.2) is 0 Å². The summed E-state index contributed by atoms with van der Waals surface area (Å²) < 4.78 is 11.2. The van der Waals surface area contributed by atoms with Crippen molar-refractivity contribution in [2.75, 3.05) is 38.8 Å². The van der Waals surface area contributed by atoms with Gasteiger partial charge >= 0.3 is 0 Å². The molecule has 0 unspecified atom stereocenters. The zero-order chi connectivity index (χ0) is 24.1. The van der Waals surface area contributed by atoms with Crippen molar-refractivity contribution in [1.82, 2.24) is 9.88 Å². The van der Waals surface area contributed by atoms with Gasteiger partial charge in [-0.2, -0.15) is 0 Å². The lowest BCUT2D eigenvalue weighted by atomic mass is 9.96. The van der Waals surface area contributed by atoms with Crippen molar-refractivity contribution in [2.45, 2.75) is 58.5 Å². The third kappa shape index (κ3) is 5.12. The fourth-order valence-corrected chi connectivity index (χ4v) is 5.25. The SMILES string of the molecule is CCN(c1cccc2c1CC=CCCc1cc(C)nc(OC)c1CN(C)C2=O)C1CCOCC1. The van der Waals surface area contributed by atoms with Crippen LogP contribution in [-0.2, 0) is 24.1 Å². The highest BCUT2D eigenvalue weighted by Crippen LogP contribution is 2.31. The Balaban J connectivity index is 1.75. The molecule has 1 saturated heterocycles. The van der Waals surface area contributed by atoms with Crippen molar-refractivity contribution in [2.24, 2.45) is 0 Å². The number of hydrogen-bond donors (Lipinski definition) is 0. The normalized spacial score (nSPS) is 17.4. The zero-order valence-corrected chi connectivity index (χ0v) is 21.0. The Morgan fingerprint density at radius 3 is 2.74 bits per heavy atom. The molecule has 182 valence electrons. The average molecular weight is 464 g/mol. The maximum absolute atomic E-state index is 13.8. The van der Waals surface area contributed by atoms with E-state index in [4.69, 9.17) is 9.47 Å². The summed E-state index contributed by atoms with van der Waals surface area (Å²) in [7, 11) is 3.52. The van der Waals surface area contributed by atoms with Crippen LogP contribution in [0, 0.1) is 6.92 Å². The molecule has 2 aliphatic rings. The van der Waals surface area contributed by atoms with Gasteiger partial charge in [-0.1, -0.05) is 18.2 Å². The maximum atomic E-state index is 13.8. The average Bonchev–Trinajstić information content (AvgIpc) is 2.85. The predicted octanol–water partition coefficient (Wildman–Crippen LogP) is 4.72. The number of hydrogen-bond acceptors (Lipinski definition) is 5. The van der Waals surface area contributed by atoms with E-state index in [9.17, 15) is 4.79 Å². The molecule has 4 rings (SSSR count). The van der Waals surface area contributed by atoms with Gasteiger partial charge in [0.25, 0.3) is 5.91 Å². The standard InChI is InChI=1S/C28H37N3O3/c1-5-31(22-14-16-34-17-15-22)26-13-9-12-24-23(26)11-8-6-7-10-21-18-20(2)29-27(33-4)25(21)19-30(3)28(24)32/h6,8-9,12-13,18,22H,5,7,10-11,14-17,19H2,1-4H3. The Morgan fingerprint density at radius 2 is 2.00 bits per heavy atom. The van der Waals surface area contributed by atoms with E-state index in [1.807, 2.05) is 26.1 Å². The lowest BCUT2D eigenvalue weighted by Crippen LogP contribution is -2.40. The molecule has 2 aromatic rings. The number of aryl methyl sites for hydroxylation is 2. The highest BCUT2D eigenvalue weighted by atomic mass is 16.5. The molecule has 1 aromatic carbocycles. The van der Waals surface area contributed by atoms with Gasteiger partial charge in [0, 0.05) is 55.4 Å². The first-order chi connectivity index (χ1) is 16.5. The monoisotopic (exact) mass is 463 g/mol. The summed E-state index contributed by atoms with van der Waals surface area (Å²) in [6, 6.07) is 8.73. The van der Waals surface area contributed by atoms with E-state index in [2.05, 4.69) is 41.1 Å². The van der Waals surface area contributed by atoms with Crippen LogP contribution < -0.4 is 9.64 Å². The number of ether oxygens (including phenoxy) is 2. The fourth-order valence-electron chi connectivity index (χ4n) is 5.25. The third-order valence-electron chi connectivity index (χ3n) is 6.97. The van der Waals surface area contributed by atoms with E-state index in [1.165, 1.54) is 11.3 Å². The molecule has 0 bridgehead atoms. The number of amides is 1. The van der Waals surface area contributed by atoms with Gasteiger partial charge in [-0.25, -0.2) is 4.98 Å². The number of rotatable bonds is 4. The number of allylic oxidation sites excluding steroid dienone is 2. The van der Waals surface area contributed by atoms with Gasteiger partial charge in [0.2, 0.25) is 5.88 Å². The fraction of sp³-hybridized carbons (Fsp3) is 0.500. The van der Waals surface area contributed by atoms with Crippen LogP contribution >= 0.6 is 0 Å². The van der Waals surface area contributed by atoms with Crippen LogP contribution in [0.1, 0.15) is 58.9 Å². The first-order valence-electron chi connectivity index (χ1n) is 12.4. The number of pyridine rings is 1. The van der Waals surface area contributed by atoms with E-state index < -0.39 is 0 Å². The van der Waals surface area contributed by atoms with Crippen molar-refractivity contribution >= 4 is 11.6 Å². The van der Waals surface area contributed by atoms with Crippen molar-refractivity contribution < 1.29 is 14.3 Å². The number of fused-ring (bicyclic) bond motifs is 2. The van der Waals surface area contributed by atoms with E-state index in [-0.39, 0.29) is 5.91 Å². The Kier molecular flexibility index (Phi) is 7.88.